The summed E-state index contributed by atoms with van der Waals surface area (Å²) in [4.78, 5) is 0. The molecule has 0 aliphatic carbocycles. The highest BCUT2D eigenvalue weighted by molar-refractivity contribution is 9.11. The molecule has 0 spiro atoms. The fourth-order valence-electron chi connectivity index (χ4n) is 0.935. The SMILES string of the molecule is CC(=CCl)COc1c(Br)cc(N)cc1Br. The molecule has 0 radical (unpaired) electrons. The van der Waals surface area contributed by atoms with Crippen molar-refractivity contribution >= 4 is 49.1 Å². The Morgan fingerprint density at radius 3 is 2.47 bits per heavy atom. The van der Waals surface area contributed by atoms with Gasteiger partial charge in [0, 0.05) is 11.2 Å². The van der Waals surface area contributed by atoms with E-state index in [1.54, 1.807) is 12.1 Å². The van der Waals surface area contributed by atoms with Crippen molar-refractivity contribution in [3.05, 3.63) is 32.2 Å². The van der Waals surface area contributed by atoms with Crippen LogP contribution in [0.25, 0.3) is 0 Å². The van der Waals surface area contributed by atoms with Crippen molar-refractivity contribution < 1.29 is 4.74 Å². The van der Waals surface area contributed by atoms with Crippen molar-refractivity contribution in [3.63, 3.8) is 0 Å². The van der Waals surface area contributed by atoms with Crippen LogP contribution in [0, 0.1) is 0 Å². The Kier molecular flexibility index (Phi) is 4.96. The molecule has 0 amide bonds. The van der Waals surface area contributed by atoms with Gasteiger partial charge in [-0.1, -0.05) is 11.6 Å². The molecular weight excluding hydrogens is 345 g/mol. The fourth-order valence-corrected chi connectivity index (χ4v) is 2.45. The molecule has 1 rings (SSSR count). The van der Waals surface area contributed by atoms with Gasteiger partial charge in [0.25, 0.3) is 0 Å². The largest absolute Gasteiger partial charge is 0.487 e. The van der Waals surface area contributed by atoms with Crippen LogP contribution in [-0.4, -0.2) is 6.61 Å². The maximum atomic E-state index is 5.66. The second-order valence-electron chi connectivity index (χ2n) is 3.06. The number of halogens is 3. The van der Waals surface area contributed by atoms with E-state index in [4.69, 9.17) is 22.1 Å². The Morgan fingerprint density at radius 1 is 1.47 bits per heavy atom. The average Bonchev–Trinajstić information content (AvgIpc) is 2.15. The number of hydrogen-bond donors (Lipinski definition) is 1. The lowest BCUT2D eigenvalue weighted by atomic mass is 10.3. The predicted octanol–water partition coefficient (Wildman–Crippen LogP) is 4.32. The minimum Gasteiger partial charge on any atom is -0.487 e. The highest BCUT2D eigenvalue weighted by atomic mass is 79.9. The van der Waals surface area contributed by atoms with Gasteiger partial charge < -0.3 is 10.5 Å². The van der Waals surface area contributed by atoms with Crippen LogP contribution >= 0.6 is 43.5 Å². The third-order valence-corrected chi connectivity index (χ3v) is 3.20. The number of nitrogens with two attached hydrogens (primary N) is 1. The van der Waals surface area contributed by atoms with Crippen LogP contribution in [-0.2, 0) is 0 Å². The van der Waals surface area contributed by atoms with E-state index >= 15 is 0 Å². The van der Waals surface area contributed by atoms with E-state index in [1.165, 1.54) is 5.54 Å². The molecule has 2 nitrogen and oxygen atoms in total. The molecule has 0 aliphatic heterocycles. The van der Waals surface area contributed by atoms with E-state index in [0.717, 1.165) is 20.3 Å². The molecule has 0 bridgehead atoms. The summed E-state index contributed by atoms with van der Waals surface area (Å²) in [7, 11) is 0. The smallest absolute Gasteiger partial charge is 0.148 e. The molecule has 82 valence electrons. The molecule has 0 fully saturated rings. The van der Waals surface area contributed by atoms with E-state index in [2.05, 4.69) is 31.9 Å². The second-order valence-corrected chi connectivity index (χ2v) is 4.98. The maximum absolute atomic E-state index is 5.66. The normalized spacial score (nSPS) is 11.6. The van der Waals surface area contributed by atoms with Gasteiger partial charge in [-0.2, -0.15) is 0 Å². The summed E-state index contributed by atoms with van der Waals surface area (Å²) < 4.78 is 7.21. The number of rotatable bonds is 3. The number of anilines is 1. The maximum Gasteiger partial charge on any atom is 0.148 e. The van der Waals surface area contributed by atoms with Crippen LogP contribution in [0.5, 0.6) is 5.75 Å². The van der Waals surface area contributed by atoms with E-state index in [0.29, 0.717) is 12.3 Å². The van der Waals surface area contributed by atoms with Gasteiger partial charge in [0.15, 0.2) is 0 Å². The third kappa shape index (κ3) is 3.70. The molecule has 0 heterocycles. The minimum absolute atomic E-state index is 0.449. The second kappa shape index (κ2) is 5.77. The minimum atomic E-state index is 0.449. The molecule has 5 heteroatoms. The van der Waals surface area contributed by atoms with Crippen molar-refractivity contribution in [1.82, 2.24) is 0 Å². The van der Waals surface area contributed by atoms with Gasteiger partial charge in [-0.05, 0) is 56.5 Å². The van der Waals surface area contributed by atoms with Crippen LogP contribution in [0.2, 0.25) is 0 Å². The molecule has 15 heavy (non-hydrogen) atoms. The predicted molar refractivity (Wildman–Crippen MR) is 71.4 cm³/mol. The van der Waals surface area contributed by atoms with Gasteiger partial charge in [0.2, 0.25) is 0 Å². The molecule has 1 aromatic carbocycles. The number of nitrogen functional groups attached to an aromatic ring is 1. The van der Waals surface area contributed by atoms with Crippen molar-refractivity contribution in [1.29, 1.82) is 0 Å². The Hall–Kier alpha value is -0.190. The molecule has 0 aromatic heterocycles. The first-order valence-electron chi connectivity index (χ1n) is 4.17. The standard InChI is InChI=1S/C10H10Br2ClNO/c1-6(4-13)5-15-10-8(11)2-7(14)3-9(10)12/h2-4H,5,14H2,1H3. The Labute approximate surface area is 111 Å². The summed E-state index contributed by atoms with van der Waals surface area (Å²) in [5.74, 6) is 0.724. The molecule has 2 N–H and O–H groups in total. The van der Waals surface area contributed by atoms with Crippen molar-refractivity contribution in [2.24, 2.45) is 0 Å². The lowest BCUT2D eigenvalue weighted by Crippen LogP contribution is -2.00. The Balaban J connectivity index is 2.86. The summed E-state index contributed by atoms with van der Waals surface area (Å²) in [6.45, 7) is 2.34. The van der Waals surface area contributed by atoms with E-state index in [1.807, 2.05) is 6.92 Å². The number of benzene rings is 1. The Bertz CT molecular complexity index is 370. The van der Waals surface area contributed by atoms with Gasteiger partial charge in [-0.15, -0.1) is 0 Å². The van der Waals surface area contributed by atoms with Crippen molar-refractivity contribution in [3.8, 4) is 5.75 Å². The lowest BCUT2D eigenvalue weighted by molar-refractivity contribution is 0.348. The van der Waals surface area contributed by atoms with E-state index < -0.39 is 0 Å². The summed E-state index contributed by atoms with van der Waals surface area (Å²) >= 11 is 12.3. The number of ether oxygens (including phenoxy) is 1. The highest BCUT2D eigenvalue weighted by Gasteiger charge is 2.07. The summed E-state index contributed by atoms with van der Waals surface area (Å²) in [5.41, 5.74) is 8.78. The van der Waals surface area contributed by atoms with E-state index in [-0.39, 0.29) is 0 Å². The van der Waals surface area contributed by atoms with Gasteiger partial charge in [-0.25, -0.2) is 0 Å². The quantitative estimate of drug-likeness (QED) is 0.820. The first-order chi connectivity index (χ1) is 7.04. The van der Waals surface area contributed by atoms with Crippen LogP contribution in [0.4, 0.5) is 5.69 Å². The van der Waals surface area contributed by atoms with Crippen LogP contribution in [0.3, 0.4) is 0 Å². The molecule has 0 saturated carbocycles. The zero-order chi connectivity index (χ0) is 11.4. The van der Waals surface area contributed by atoms with E-state index in [9.17, 15) is 0 Å². The van der Waals surface area contributed by atoms with Crippen LogP contribution < -0.4 is 10.5 Å². The van der Waals surface area contributed by atoms with Crippen LogP contribution in [0.1, 0.15) is 6.92 Å². The van der Waals surface area contributed by atoms with Gasteiger partial charge in [0.05, 0.1) is 8.95 Å². The molecule has 0 atom stereocenters. The monoisotopic (exact) mass is 353 g/mol. The fraction of sp³-hybridized carbons (Fsp3) is 0.200. The van der Waals surface area contributed by atoms with Gasteiger partial charge in [-0.3, -0.25) is 0 Å². The summed E-state index contributed by atoms with van der Waals surface area (Å²) in [6, 6.07) is 3.58. The van der Waals surface area contributed by atoms with Crippen LogP contribution in [0.15, 0.2) is 32.2 Å². The van der Waals surface area contributed by atoms with Crippen molar-refractivity contribution in [2.75, 3.05) is 12.3 Å². The molecule has 1 aromatic rings. The average molecular weight is 355 g/mol. The molecule has 0 aliphatic rings. The van der Waals surface area contributed by atoms with Gasteiger partial charge >= 0.3 is 0 Å². The molecular formula is C10H10Br2ClNO. The number of hydrogen-bond acceptors (Lipinski definition) is 2. The molecule has 0 unspecified atom stereocenters. The Morgan fingerprint density at radius 2 is 2.00 bits per heavy atom. The van der Waals surface area contributed by atoms with Gasteiger partial charge in [0.1, 0.15) is 12.4 Å². The topological polar surface area (TPSA) is 35.2 Å². The summed E-state index contributed by atoms with van der Waals surface area (Å²) in [6.07, 6.45) is 0. The highest BCUT2D eigenvalue weighted by Crippen LogP contribution is 2.35. The first-order valence-corrected chi connectivity index (χ1v) is 6.20. The zero-order valence-corrected chi connectivity index (χ0v) is 12.0. The first kappa shape index (κ1) is 12.9. The molecule has 0 saturated heterocycles. The summed E-state index contributed by atoms with van der Waals surface area (Å²) in [5, 5.41) is 0. The lowest BCUT2D eigenvalue weighted by Gasteiger charge is -2.10. The van der Waals surface area contributed by atoms with Crippen molar-refractivity contribution in [2.45, 2.75) is 6.92 Å². The third-order valence-electron chi connectivity index (χ3n) is 1.65. The zero-order valence-electron chi connectivity index (χ0n) is 8.06.